The largest absolute Gasteiger partial charge is 0.415 e. The first-order valence-electron chi connectivity index (χ1n) is 7.79. The van der Waals surface area contributed by atoms with Gasteiger partial charge in [0.1, 0.15) is 0 Å². The first-order valence-corrected chi connectivity index (χ1v) is 12.9. The van der Waals surface area contributed by atoms with Gasteiger partial charge in [-0.2, -0.15) is 0 Å². The van der Waals surface area contributed by atoms with E-state index in [1.807, 2.05) is 0 Å². The van der Waals surface area contributed by atoms with Crippen molar-refractivity contribution in [3.05, 3.63) is 0 Å². The molecule has 2 unspecified atom stereocenters. The predicted molar refractivity (Wildman–Crippen MR) is 91.5 cm³/mol. The van der Waals surface area contributed by atoms with E-state index in [0.29, 0.717) is 25.2 Å². The Morgan fingerprint density at radius 2 is 1.19 bits per heavy atom. The molecule has 0 saturated heterocycles. The molecule has 0 heterocycles. The second kappa shape index (κ2) is 11.7. The van der Waals surface area contributed by atoms with Crippen molar-refractivity contribution >= 4 is 17.1 Å². The maximum absolute atomic E-state index is 10.4. The minimum atomic E-state index is -2.77. The number of rotatable bonds is 14. The van der Waals surface area contributed by atoms with Crippen molar-refractivity contribution in [2.45, 2.75) is 38.0 Å². The van der Waals surface area contributed by atoms with Gasteiger partial charge in [0.25, 0.3) is 0 Å². The van der Waals surface area contributed by atoms with Crippen molar-refractivity contribution in [2.24, 2.45) is 11.5 Å². The van der Waals surface area contributed by atoms with Crippen LogP contribution in [0.15, 0.2) is 0 Å². The summed E-state index contributed by atoms with van der Waals surface area (Å²) in [4.78, 5) is 20.7. The number of hydrogen-bond acceptors (Lipinski definition) is 7. The van der Waals surface area contributed by atoms with Crippen molar-refractivity contribution in [1.29, 1.82) is 0 Å². The van der Waals surface area contributed by atoms with Gasteiger partial charge < -0.3 is 35.8 Å². The van der Waals surface area contributed by atoms with Crippen molar-refractivity contribution in [3.8, 4) is 0 Å². The van der Waals surface area contributed by atoms with Gasteiger partial charge in [0.05, 0.1) is 0 Å². The third kappa shape index (κ3) is 13.5. The van der Waals surface area contributed by atoms with Crippen LogP contribution in [0.2, 0.25) is 25.2 Å². The summed E-state index contributed by atoms with van der Waals surface area (Å²) in [6.07, 6.45) is 1.67. The van der Waals surface area contributed by atoms with E-state index in [4.69, 9.17) is 15.6 Å². The van der Waals surface area contributed by atoms with Crippen LogP contribution < -0.4 is 22.1 Å². The Morgan fingerprint density at radius 1 is 0.810 bits per heavy atom. The second-order valence-corrected chi connectivity index (χ2v) is 12.3. The molecule has 8 N–H and O–H groups in total. The third-order valence-electron chi connectivity index (χ3n) is 3.07. The van der Waals surface area contributed by atoms with Gasteiger partial charge in [-0.3, -0.25) is 0 Å². The van der Waals surface area contributed by atoms with E-state index >= 15 is 0 Å². The zero-order valence-corrected chi connectivity index (χ0v) is 15.5. The van der Waals surface area contributed by atoms with E-state index in [2.05, 4.69) is 10.6 Å². The molecule has 0 spiro atoms. The molecule has 0 aromatic rings. The van der Waals surface area contributed by atoms with Crippen molar-refractivity contribution in [1.82, 2.24) is 10.6 Å². The molecule has 0 aliphatic heterocycles. The molecule has 0 aliphatic rings. The molecule has 128 valence electrons. The molecule has 0 fully saturated rings. The Bertz CT molecular complexity index is 235. The fourth-order valence-electron chi connectivity index (χ4n) is 2.11. The van der Waals surface area contributed by atoms with Crippen LogP contribution in [0.3, 0.4) is 0 Å². The molecule has 21 heavy (non-hydrogen) atoms. The van der Waals surface area contributed by atoms with E-state index in [-0.39, 0.29) is 0 Å². The molecule has 0 aromatic heterocycles. The Labute approximate surface area is 130 Å². The smallest absolute Gasteiger partial charge is 0.323 e. The molecular weight excluding hydrogens is 304 g/mol. The van der Waals surface area contributed by atoms with Gasteiger partial charge in [-0.15, -0.1) is 0 Å². The molecule has 2 atom stereocenters. The number of hydrogen-bond donors (Lipinski definition) is 6. The summed E-state index contributed by atoms with van der Waals surface area (Å²) >= 11 is 0. The van der Waals surface area contributed by atoms with Crippen molar-refractivity contribution < 1.29 is 13.7 Å². The highest BCUT2D eigenvalue weighted by atomic mass is 28.5. The molecule has 0 aromatic carbocycles. The minimum absolute atomic E-state index is 0.615. The summed E-state index contributed by atoms with van der Waals surface area (Å²) in [6.45, 7) is 7.94. The van der Waals surface area contributed by atoms with Crippen molar-refractivity contribution in [2.75, 3.05) is 39.3 Å². The van der Waals surface area contributed by atoms with Crippen LogP contribution in [0.4, 0.5) is 0 Å². The molecule has 7 nitrogen and oxygen atoms in total. The van der Waals surface area contributed by atoms with Crippen LogP contribution in [0.25, 0.3) is 0 Å². The number of nitrogens with two attached hydrogens (primary N) is 2. The van der Waals surface area contributed by atoms with Crippen LogP contribution in [0, 0.1) is 0 Å². The van der Waals surface area contributed by atoms with Gasteiger partial charge >= 0.3 is 17.1 Å². The Kier molecular flexibility index (Phi) is 11.8. The van der Waals surface area contributed by atoms with Crippen LogP contribution >= 0.6 is 0 Å². The van der Waals surface area contributed by atoms with Crippen LogP contribution in [-0.2, 0) is 4.12 Å². The standard InChI is InChI=1S/C12H34N4O3Si2/c1-20(17,11-3-7-15-9-5-13)19-21(2,18)12-4-8-16-10-6-14/h15-18H,3-14H2,1-2H3. The van der Waals surface area contributed by atoms with Gasteiger partial charge in [-0.25, -0.2) is 0 Å². The van der Waals surface area contributed by atoms with Gasteiger partial charge in [0.15, 0.2) is 0 Å². The zero-order chi connectivity index (χ0) is 16.2. The summed E-state index contributed by atoms with van der Waals surface area (Å²) in [5.41, 5.74) is 10.8. The first-order chi connectivity index (χ1) is 9.83. The molecule has 0 bridgehead atoms. The van der Waals surface area contributed by atoms with Crippen molar-refractivity contribution in [3.63, 3.8) is 0 Å². The lowest BCUT2D eigenvalue weighted by Crippen LogP contribution is -2.49. The first kappa shape index (κ1) is 21.2. The van der Waals surface area contributed by atoms with Gasteiger partial charge in [0, 0.05) is 26.2 Å². The average molecular weight is 339 g/mol. The highest BCUT2D eigenvalue weighted by molar-refractivity contribution is 6.78. The molecule has 0 amide bonds. The Morgan fingerprint density at radius 3 is 1.52 bits per heavy atom. The van der Waals surface area contributed by atoms with Crippen LogP contribution in [-0.4, -0.2) is 66.0 Å². The summed E-state index contributed by atoms with van der Waals surface area (Å²) in [6, 6.07) is 1.25. The van der Waals surface area contributed by atoms with E-state index in [0.717, 1.165) is 39.0 Å². The van der Waals surface area contributed by atoms with Gasteiger partial charge in [-0.05, 0) is 51.1 Å². The van der Waals surface area contributed by atoms with Crippen LogP contribution in [0.1, 0.15) is 12.8 Å². The number of nitrogens with one attached hydrogen (secondary N) is 2. The summed E-state index contributed by atoms with van der Waals surface area (Å²) in [5, 5.41) is 6.37. The molecule has 0 radical (unpaired) electrons. The third-order valence-corrected chi connectivity index (χ3v) is 9.15. The monoisotopic (exact) mass is 338 g/mol. The average Bonchev–Trinajstić information content (AvgIpc) is 2.36. The maximum Gasteiger partial charge on any atom is 0.323 e. The fraction of sp³-hybridized carbons (Fsp3) is 1.00. The second-order valence-electron chi connectivity index (χ2n) is 5.74. The fourth-order valence-corrected chi connectivity index (χ4v) is 8.38. The topological polar surface area (TPSA) is 126 Å². The van der Waals surface area contributed by atoms with E-state index in [1.54, 1.807) is 13.1 Å². The summed E-state index contributed by atoms with van der Waals surface area (Å²) < 4.78 is 5.72. The SMILES string of the molecule is C[Si](O)(CCCNCCN)O[Si](C)(O)CCCNCCN. The predicted octanol–water partition coefficient (Wildman–Crippen LogP) is -0.992. The molecule has 0 aliphatic carbocycles. The molecule has 0 rings (SSSR count). The zero-order valence-electron chi connectivity index (χ0n) is 13.5. The quantitative estimate of drug-likeness (QED) is 0.177. The molecule has 0 saturated carbocycles. The van der Waals surface area contributed by atoms with Crippen LogP contribution in [0.5, 0.6) is 0 Å². The lowest BCUT2D eigenvalue weighted by atomic mass is 10.5. The molecular formula is C12H34N4O3Si2. The van der Waals surface area contributed by atoms with Gasteiger partial charge in [-0.1, -0.05) is 0 Å². The normalized spacial score (nSPS) is 17.4. The highest BCUT2D eigenvalue weighted by Crippen LogP contribution is 2.19. The maximum atomic E-state index is 10.4. The Balaban J connectivity index is 3.87. The minimum Gasteiger partial charge on any atom is -0.415 e. The van der Waals surface area contributed by atoms with E-state index in [1.165, 1.54) is 0 Å². The molecule has 9 heteroatoms. The lowest BCUT2D eigenvalue weighted by molar-refractivity contribution is 0.304. The highest BCUT2D eigenvalue weighted by Gasteiger charge is 2.37. The van der Waals surface area contributed by atoms with E-state index in [9.17, 15) is 9.59 Å². The van der Waals surface area contributed by atoms with E-state index < -0.39 is 17.1 Å². The summed E-state index contributed by atoms with van der Waals surface area (Å²) in [5.74, 6) is 0. The Hall–Kier alpha value is 0.154. The van der Waals surface area contributed by atoms with Gasteiger partial charge in [0.2, 0.25) is 0 Å². The lowest BCUT2D eigenvalue weighted by Gasteiger charge is -2.30. The summed E-state index contributed by atoms with van der Waals surface area (Å²) in [7, 11) is -5.55.